The molecule has 0 amide bonds. The number of rotatable bonds is 7. The average Bonchev–Trinajstić information content (AvgIpc) is 2.83. The van der Waals surface area contributed by atoms with Crippen molar-refractivity contribution in [2.24, 2.45) is 0 Å². The van der Waals surface area contributed by atoms with Gasteiger partial charge >= 0.3 is 5.97 Å². The van der Waals surface area contributed by atoms with Crippen LogP contribution >= 0.6 is 0 Å². The molecule has 0 radical (unpaired) electrons. The van der Waals surface area contributed by atoms with Crippen molar-refractivity contribution in [1.82, 2.24) is 0 Å². The molecule has 0 aliphatic carbocycles. The summed E-state index contributed by atoms with van der Waals surface area (Å²) in [6, 6.07) is 24.1. The van der Waals surface area contributed by atoms with Crippen molar-refractivity contribution < 1.29 is 23.1 Å². The molecule has 182 valence electrons. The van der Waals surface area contributed by atoms with Gasteiger partial charge in [0.2, 0.25) is 9.84 Å². The monoisotopic (exact) mass is 490 g/mol. The number of hydrogen-bond acceptors (Lipinski definition) is 5. The number of carbonyl (C=O) groups is 1. The second-order valence-corrected chi connectivity index (χ2v) is 11.2. The van der Waals surface area contributed by atoms with Crippen molar-refractivity contribution in [3.63, 3.8) is 0 Å². The number of esters is 1. The molecule has 1 aliphatic heterocycles. The van der Waals surface area contributed by atoms with Crippen molar-refractivity contribution in [3.8, 4) is 0 Å². The maximum Gasteiger partial charge on any atom is 0.354 e. The first kappa shape index (κ1) is 24.7. The van der Waals surface area contributed by atoms with Crippen LogP contribution in [0.2, 0.25) is 0 Å². The first-order valence-corrected chi connectivity index (χ1v) is 13.2. The van der Waals surface area contributed by atoms with E-state index in [1.807, 2.05) is 80.6 Å². The number of aliphatic hydroxyl groups excluding tert-OH is 1. The van der Waals surface area contributed by atoms with Crippen molar-refractivity contribution in [2.75, 3.05) is 0 Å². The Hall–Kier alpha value is -3.38. The van der Waals surface area contributed by atoms with E-state index in [9.17, 15) is 18.3 Å². The third-order valence-corrected chi connectivity index (χ3v) is 8.37. The molecule has 4 rings (SSSR count). The minimum Gasteiger partial charge on any atom is -0.510 e. The van der Waals surface area contributed by atoms with Gasteiger partial charge in [0.25, 0.3) is 0 Å². The summed E-state index contributed by atoms with van der Waals surface area (Å²) in [4.78, 5) is 12.7. The predicted molar refractivity (Wildman–Crippen MR) is 136 cm³/mol. The highest BCUT2D eigenvalue weighted by Gasteiger charge is 2.47. The van der Waals surface area contributed by atoms with Crippen molar-refractivity contribution in [1.29, 1.82) is 0 Å². The molecule has 3 aromatic rings. The summed E-state index contributed by atoms with van der Waals surface area (Å²) >= 11 is 0. The Morgan fingerprint density at radius 1 is 0.971 bits per heavy atom. The number of carbonyl (C=O) groups excluding carboxylic acids is 1. The molecule has 5 nitrogen and oxygen atoms in total. The summed E-state index contributed by atoms with van der Waals surface area (Å²) in [5.41, 5.74) is 1.93. The molecule has 35 heavy (non-hydrogen) atoms. The first-order valence-electron chi connectivity index (χ1n) is 11.7. The van der Waals surface area contributed by atoms with E-state index >= 15 is 0 Å². The Morgan fingerprint density at radius 3 is 2.20 bits per heavy atom. The van der Waals surface area contributed by atoms with Gasteiger partial charge in [0, 0.05) is 0 Å². The highest BCUT2D eigenvalue weighted by Crippen LogP contribution is 2.44. The predicted octanol–water partition coefficient (Wildman–Crippen LogP) is 6.14. The number of benzene rings is 3. The number of cyclic esters (lactones) is 1. The molecule has 0 spiro atoms. The summed E-state index contributed by atoms with van der Waals surface area (Å²) in [5.74, 6) is -1.58. The highest BCUT2D eigenvalue weighted by atomic mass is 32.2. The molecule has 1 heterocycles. The molecule has 6 heteroatoms. The van der Waals surface area contributed by atoms with Crippen LogP contribution in [0.3, 0.4) is 0 Å². The van der Waals surface area contributed by atoms with Gasteiger partial charge in [-0.2, -0.15) is 0 Å². The van der Waals surface area contributed by atoms with E-state index in [0.717, 1.165) is 11.1 Å². The SMILES string of the molecule is Cc1ccc(C(C)C)c(S(=O)(=O)C2=C(O)CC(CCc3ccccc3)(c3ccccc3)OC2=O)c1. The molecular formula is C29H30O5S. The fourth-order valence-corrected chi connectivity index (χ4v) is 6.45. The molecule has 0 fully saturated rings. The quantitative estimate of drug-likeness (QED) is 0.403. The van der Waals surface area contributed by atoms with Crippen LogP contribution < -0.4 is 0 Å². The van der Waals surface area contributed by atoms with E-state index in [2.05, 4.69) is 0 Å². The molecule has 1 unspecified atom stereocenters. The summed E-state index contributed by atoms with van der Waals surface area (Å²) in [6.45, 7) is 5.57. The van der Waals surface area contributed by atoms with E-state index in [4.69, 9.17) is 4.74 Å². The first-order chi connectivity index (χ1) is 16.6. The van der Waals surface area contributed by atoms with Crippen molar-refractivity contribution in [3.05, 3.63) is 112 Å². The zero-order valence-electron chi connectivity index (χ0n) is 20.2. The lowest BCUT2D eigenvalue weighted by molar-refractivity contribution is -0.160. The van der Waals surface area contributed by atoms with Crippen LogP contribution in [0.5, 0.6) is 0 Å². The van der Waals surface area contributed by atoms with E-state index in [-0.39, 0.29) is 17.2 Å². The Bertz CT molecular complexity index is 1360. The third kappa shape index (κ3) is 4.89. The number of sulfone groups is 1. The summed E-state index contributed by atoms with van der Waals surface area (Å²) in [5, 5.41) is 11.1. The second-order valence-electron chi connectivity index (χ2n) is 9.39. The van der Waals surface area contributed by atoms with Gasteiger partial charge in [-0.15, -0.1) is 0 Å². The smallest absolute Gasteiger partial charge is 0.354 e. The lowest BCUT2D eigenvalue weighted by Crippen LogP contribution is -2.40. The normalized spacial score (nSPS) is 18.6. The van der Waals surface area contributed by atoms with Crippen molar-refractivity contribution in [2.45, 2.75) is 56.4 Å². The van der Waals surface area contributed by atoms with Crippen LogP contribution in [0, 0.1) is 6.92 Å². The van der Waals surface area contributed by atoms with Gasteiger partial charge in [-0.05, 0) is 54.0 Å². The minimum atomic E-state index is -4.30. The molecule has 1 aliphatic rings. The average molecular weight is 491 g/mol. The Balaban J connectivity index is 1.79. The van der Waals surface area contributed by atoms with Crippen LogP contribution in [-0.2, 0) is 31.4 Å². The highest BCUT2D eigenvalue weighted by molar-refractivity contribution is 7.96. The standard InChI is InChI=1S/C29H30O5S/c1-20(2)24-15-14-21(3)18-26(24)35(32,33)27-25(30)19-29(34-28(27)31,23-12-8-5-9-13-23)17-16-22-10-6-4-7-11-22/h4-15,18,20,30H,16-17,19H2,1-3H3. The van der Waals surface area contributed by atoms with E-state index < -0.39 is 32.1 Å². The lowest BCUT2D eigenvalue weighted by Gasteiger charge is -2.37. The molecule has 1 N–H and O–H groups in total. The van der Waals surface area contributed by atoms with Gasteiger partial charge < -0.3 is 9.84 Å². The van der Waals surface area contributed by atoms with Gasteiger partial charge in [-0.25, -0.2) is 13.2 Å². The Kier molecular flexibility index (Phi) is 6.86. The molecule has 0 saturated carbocycles. The maximum absolute atomic E-state index is 13.7. The van der Waals surface area contributed by atoms with Crippen LogP contribution in [-0.4, -0.2) is 19.5 Å². The topological polar surface area (TPSA) is 80.7 Å². The number of ether oxygens (including phenoxy) is 1. The Morgan fingerprint density at radius 2 is 1.60 bits per heavy atom. The minimum absolute atomic E-state index is 0.0301. The van der Waals surface area contributed by atoms with Crippen LogP contribution in [0.4, 0.5) is 0 Å². The third-order valence-electron chi connectivity index (χ3n) is 6.50. The fraction of sp³-hybridized carbons (Fsp3) is 0.276. The van der Waals surface area contributed by atoms with Gasteiger partial charge in [0.1, 0.15) is 11.4 Å². The molecule has 0 aromatic heterocycles. The van der Waals surface area contributed by atoms with Gasteiger partial charge in [0.15, 0.2) is 4.91 Å². The van der Waals surface area contributed by atoms with Crippen LogP contribution in [0.1, 0.15) is 54.9 Å². The zero-order valence-corrected chi connectivity index (χ0v) is 21.0. The van der Waals surface area contributed by atoms with Crippen LogP contribution in [0.15, 0.2) is 94.4 Å². The van der Waals surface area contributed by atoms with Gasteiger partial charge in [-0.3, -0.25) is 0 Å². The fourth-order valence-electron chi connectivity index (χ4n) is 4.63. The number of aliphatic hydroxyl groups is 1. The Labute approximate surface area is 207 Å². The van der Waals surface area contributed by atoms with E-state index in [1.165, 1.54) is 0 Å². The van der Waals surface area contributed by atoms with Gasteiger partial charge in [-0.1, -0.05) is 86.6 Å². The molecule has 0 saturated heterocycles. The lowest BCUT2D eigenvalue weighted by atomic mass is 9.82. The van der Waals surface area contributed by atoms with Gasteiger partial charge in [0.05, 0.1) is 11.3 Å². The van der Waals surface area contributed by atoms with E-state index in [0.29, 0.717) is 24.0 Å². The van der Waals surface area contributed by atoms with Crippen LogP contribution in [0.25, 0.3) is 0 Å². The largest absolute Gasteiger partial charge is 0.510 e. The summed E-state index contributed by atoms with van der Waals surface area (Å²) in [6.07, 6.45) is 0.868. The maximum atomic E-state index is 13.7. The van der Waals surface area contributed by atoms with E-state index in [1.54, 1.807) is 19.1 Å². The molecular weight excluding hydrogens is 460 g/mol. The number of aryl methyl sites for hydroxylation is 2. The summed E-state index contributed by atoms with van der Waals surface area (Å²) in [7, 11) is -4.30. The molecule has 0 bridgehead atoms. The number of hydrogen-bond donors (Lipinski definition) is 1. The van der Waals surface area contributed by atoms with Crippen molar-refractivity contribution >= 4 is 15.8 Å². The summed E-state index contributed by atoms with van der Waals surface area (Å²) < 4.78 is 33.4. The second kappa shape index (κ2) is 9.70. The zero-order chi connectivity index (χ0) is 25.2. The molecule has 1 atom stereocenters. The molecule has 3 aromatic carbocycles.